The lowest BCUT2D eigenvalue weighted by Gasteiger charge is -1.99. The second-order valence-corrected chi connectivity index (χ2v) is 3.81. The maximum atomic E-state index is 10.9. The molecule has 0 aliphatic carbocycles. The molecule has 15 heavy (non-hydrogen) atoms. The van der Waals surface area contributed by atoms with E-state index in [0.29, 0.717) is 11.4 Å². The average Bonchev–Trinajstić information content (AvgIpc) is 2.67. The summed E-state index contributed by atoms with van der Waals surface area (Å²) in [6.45, 7) is 0. The molecule has 5 heteroatoms. The SMILES string of the molecule is Nc1ccc(-c2ncsc2C(=O)O)cc1. The first-order valence-electron chi connectivity index (χ1n) is 4.21. The number of aromatic nitrogens is 1. The predicted molar refractivity (Wildman–Crippen MR) is 58.9 cm³/mol. The Hall–Kier alpha value is -1.88. The molecular weight excluding hydrogens is 212 g/mol. The van der Waals surface area contributed by atoms with E-state index in [1.165, 1.54) is 5.51 Å². The van der Waals surface area contributed by atoms with Crippen molar-refractivity contribution in [2.75, 3.05) is 5.73 Å². The van der Waals surface area contributed by atoms with E-state index in [9.17, 15) is 4.79 Å². The number of carbonyl (C=O) groups is 1. The first-order valence-corrected chi connectivity index (χ1v) is 5.09. The third kappa shape index (κ3) is 1.82. The summed E-state index contributed by atoms with van der Waals surface area (Å²) in [4.78, 5) is 15.2. The van der Waals surface area contributed by atoms with E-state index in [4.69, 9.17) is 10.8 Å². The normalized spacial score (nSPS) is 10.1. The van der Waals surface area contributed by atoms with Crippen molar-refractivity contribution < 1.29 is 9.90 Å². The molecule has 0 fully saturated rings. The van der Waals surface area contributed by atoms with Crippen LogP contribution in [0.15, 0.2) is 29.8 Å². The lowest BCUT2D eigenvalue weighted by molar-refractivity contribution is 0.0702. The Bertz CT molecular complexity index is 490. The van der Waals surface area contributed by atoms with E-state index < -0.39 is 5.97 Å². The van der Waals surface area contributed by atoms with Gasteiger partial charge in [-0.05, 0) is 12.1 Å². The van der Waals surface area contributed by atoms with Gasteiger partial charge in [-0.25, -0.2) is 9.78 Å². The minimum atomic E-state index is -0.954. The Morgan fingerprint density at radius 3 is 2.60 bits per heavy atom. The molecule has 0 atom stereocenters. The summed E-state index contributed by atoms with van der Waals surface area (Å²) in [6.07, 6.45) is 0. The molecule has 0 bridgehead atoms. The van der Waals surface area contributed by atoms with Gasteiger partial charge in [0, 0.05) is 11.3 Å². The minimum absolute atomic E-state index is 0.250. The van der Waals surface area contributed by atoms with Gasteiger partial charge >= 0.3 is 5.97 Å². The molecule has 2 aromatic rings. The van der Waals surface area contributed by atoms with Crippen LogP contribution in [0.2, 0.25) is 0 Å². The third-order valence-electron chi connectivity index (χ3n) is 1.95. The molecule has 1 heterocycles. The van der Waals surface area contributed by atoms with Crippen LogP contribution in [0.4, 0.5) is 5.69 Å². The number of carboxylic acid groups (broad SMARTS) is 1. The van der Waals surface area contributed by atoms with Gasteiger partial charge < -0.3 is 10.8 Å². The fourth-order valence-corrected chi connectivity index (χ4v) is 1.89. The van der Waals surface area contributed by atoms with Crippen LogP contribution in [-0.4, -0.2) is 16.1 Å². The molecule has 1 aromatic heterocycles. The Morgan fingerprint density at radius 1 is 1.33 bits per heavy atom. The van der Waals surface area contributed by atoms with E-state index in [-0.39, 0.29) is 4.88 Å². The first kappa shape index (κ1) is 9.67. The fraction of sp³-hybridized carbons (Fsp3) is 0. The number of rotatable bonds is 2. The highest BCUT2D eigenvalue weighted by molar-refractivity contribution is 7.12. The smallest absolute Gasteiger partial charge is 0.348 e. The second-order valence-electron chi connectivity index (χ2n) is 2.96. The molecule has 0 spiro atoms. The molecule has 3 N–H and O–H groups in total. The van der Waals surface area contributed by atoms with Gasteiger partial charge in [0.1, 0.15) is 4.88 Å². The van der Waals surface area contributed by atoms with Crippen LogP contribution in [0.5, 0.6) is 0 Å². The van der Waals surface area contributed by atoms with Crippen molar-refractivity contribution in [1.29, 1.82) is 0 Å². The summed E-state index contributed by atoms with van der Waals surface area (Å²) in [5, 5.41) is 8.92. The number of hydrogen-bond acceptors (Lipinski definition) is 4. The number of anilines is 1. The second kappa shape index (κ2) is 3.70. The van der Waals surface area contributed by atoms with E-state index in [1.807, 2.05) is 0 Å². The molecule has 76 valence electrons. The molecule has 0 aliphatic rings. The standard InChI is InChI=1S/C10H8N2O2S/c11-7-3-1-6(2-4-7)8-9(10(13)14)15-5-12-8/h1-5H,11H2,(H,13,14). The number of nitrogens with two attached hydrogens (primary N) is 1. The van der Waals surface area contributed by atoms with Crippen molar-refractivity contribution in [1.82, 2.24) is 4.98 Å². The van der Waals surface area contributed by atoms with Crippen molar-refractivity contribution in [3.05, 3.63) is 34.7 Å². The van der Waals surface area contributed by atoms with Crippen LogP contribution in [0.25, 0.3) is 11.3 Å². The zero-order valence-electron chi connectivity index (χ0n) is 7.68. The number of benzene rings is 1. The van der Waals surface area contributed by atoms with Gasteiger partial charge in [-0.15, -0.1) is 11.3 Å². The zero-order chi connectivity index (χ0) is 10.8. The molecule has 0 amide bonds. The van der Waals surface area contributed by atoms with Crippen molar-refractivity contribution in [2.24, 2.45) is 0 Å². The topological polar surface area (TPSA) is 76.2 Å². The van der Waals surface area contributed by atoms with Crippen molar-refractivity contribution in [2.45, 2.75) is 0 Å². The number of nitrogens with zero attached hydrogens (tertiary/aromatic N) is 1. The van der Waals surface area contributed by atoms with Gasteiger partial charge in [0.25, 0.3) is 0 Å². The van der Waals surface area contributed by atoms with Crippen LogP contribution in [-0.2, 0) is 0 Å². The van der Waals surface area contributed by atoms with E-state index in [2.05, 4.69) is 4.98 Å². The van der Waals surface area contributed by atoms with Gasteiger partial charge in [0.2, 0.25) is 0 Å². The molecule has 1 aromatic carbocycles. The maximum absolute atomic E-state index is 10.9. The Balaban J connectivity index is 2.49. The molecule has 0 saturated carbocycles. The first-order chi connectivity index (χ1) is 7.18. The van der Waals surface area contributed by atoms with E-state index >= 15 is 0 Å². The van der Waals surface area contributed by atoms with Gasteiger partial charge in [-0.1, -0.05) is 12.1 Å². The van der Waals surface area contributed by atoms with Gasteiger partial charge in [0.15, 0.2) is 0 Å². The summed E-state index contributed by atoms with van der Waals surface area (Å²) < 4.78 is 0. The highest BCUT2D eigenvalue weighted by atomic mass is 32.1. The van der Waals surface area contributed by atoms with Crippen LogP contribution in [0.3, 0.4) is 0 Å². The summed E-state index contributed by atoms with van der Waals surface area (Å²) in [5.74, 6) is -0.954. The van der Waals surface area contributed by atoms with Gasteiger partial charge in [-0.2, -0.15) is 0 Å². The Kier molecular flexibility index (Phi) is 2.39. The molecule has 0 unspecified atom stereocenters. The number of aromatic carboxylic acids is 1. The van der Waals surface area contributed by atoms with Gasteiger partial charge in [-0.3, -0.25) is 0 Å². The molecule has 4 nitrogen and oxygen atoms in total. The number of carboxylic acids is 1. The quantitative estimate of drug-likeness (QED) is 0.760. The summed E-state index contributed by atoms with van der Waals surface area (Å²) in [6, 6.07) is 6.97. The van der Waals surface area contributed by atoms with Gasteiger partial charge in [0.05, 0.1) is 11.2 Å². The van der Waals surface area contributed by atoms with Crippen LogP contribution in [0, 0.1) is 0 Å². The molecular formula is C10H8N2O2S. The third-order valence-corrected chi connectivity index (χ3v) is 2.76. The lowest BCUT2D eigenvalue weighted by Crippen LogP contribution is -1.95. The van der Waals surface area contributed by atoms with E-state index in [0.717, 1.165) is 16.9 Å². The Morgan fingerprint density at radius 2 is 2.00 bits per heavy atom. The number of thiazole rings is 1. The fourth-order valence-electron chi connectivity index (χ4n) is 1.24. The highest BCUT2D eigenvalue weighted by Gasteiger charge is 2.14. The molecule has 0 aliphatic heterocycles. The molecule has 2 rings (SSSR count). The van der Waals surface area contributed by atoms with Crippen molar-refractivity contribution in [3.63, 3.8) is 0 Å². The largest absolute Gasteiger partial charge is 0.477 e. The lowest BCUT2D eigenvalue weighted by atomic mass is 10.1. The highest BCUT2D eigenvalue weighted by Crippen LogP contribution is 2.25. The monoisotopic (exact) mass is 220 g/mol. The summed E-state index contributed by atoms with van der Waals surface area (Å²) >= 11 is 1.11. The van der Waals surface area contributed by atoms with Crippen molar-refractivity contribution >= 4 is 23.0 Å². The van der Waals surface area contributed by atoms with Crippen LogP contribution >= 0.6 is 11.3 Å². The minimum Gasteiger partial charge on any atom is -0.477 e. The van der Waals surface area contributed by atoms with Crippen LogP contribution in [0.1, 0.15) is 9.67 Å². The zero-order valence-corrected chi connectivity index (χ0v) is 8.49. The average molecular weight is 220 g/mol. The van der Waals surface area contributed by atoms with E-state index in [1.54, 1.807) is 24.3 Å². The molecule has 0 saturated heterocycles. The summed E-state index contributed by atoms with van der Waals surface area (Å²) in [7, 11) is 0. The summed E-state index contributed by atoms with van der Waals surface area (Å²) in [5.41, 5.74) is 8.97. The Labute approximate surface area is 90.0 Å². The number of nitrogen functional groups attached to an aromatic ring is 1. The van der Waals surface area contributed by atoms with Crippen molar-refractivity contribution in [3.8, 4) is 11.3 Å². The maximum Gasteiger partial charge on any atom is 0.348 e. The molecule has 0 radical (unpaired) electrons. The van der Waals surface area contributed by atoms with Crippen LogP contribution < -0.4 is 5.73 Å². The number of hydrogen-bond donors (Lipinski definition) is 2. The predicted octanol–water partition coefficient (Wildman–Crippen LogP) is 2.09.